The molecule has 1 heterocycles. The van der Waals surface area contributed by atoms with Gasteiger partial charge in [0.05, 0.1) is 13.2 Å². The van der Waals surface area contributed by atoms with Gasteiger partial charge in [0.1, 0.15) is 5.60 Å². The average molecular weight is 525 g/mol. The molecule has 3 amide bonds. The first kappa shape index (κ1) is 29.0. The Morgan fingerprint density at radius 2 is 1.58 bits per heavy atom. The lowest BCUT2D eigenvalue weighted by Gasteiger charge is -2.40. The van der Waals surface area contributed by atoms with E-state index in [0.29, 0.717) is 50.5 Å². The molecule has 1 fully saturated rings. The Morgan fingerprint density at radius 3 is 2.13 bits per heavy atom. The highest BCUT2D eigenvalue weighted by Gasteiger charge is 2.30. The number of methoxy groups -OCH3 is 1. The second kappa shape index (κ2) is 12.8. The van der Waals surface area contributed by atoms with Crippen LogP contribution in [0.3, 0.4) is 0 Å². The molecular formula is C29H40N4O5. The van der Waals surface area contributed by atoms with E-state index in [4.69, 9.17) is 9.47 Å². The number of carbonyl (C=O) groups is 3. The summed E-state index contributed by atoms with van der Waals surface area (Å²) in [5.41, 5.74) is 2.72. The summed E-state index contributed by atoms with van der Waals surface area (Å²) in [6.07, 6.45) is -0.846. The normalized spacial score (nSPS) is 14.9. The molecule has 1 N–H and O–H groups in total. The van der Waals surface area contributed by atoms with Gasteiger partial charge in [0.2, 0.25) is 0 Å². The number of anilines is 1. The zero-order valence-corrected chi connectivity index (χ0v) is 23.3. The van der Waals surface area contributed by atoms with Crippen molar-refractivity contribution in [2.45, 2.75) is 46.3 Å². The third-order valence-corrected chi connectivity index (χ3v) is 6.49. The molecule has 206 valence electrons. The van der Waals surface area contributed by atoms with Crippen LogP contribution in [0.25, 0.3) is 0 Å². The highest BCUT2D eigenvalue weighted by atomic mass is 16.6. The molecule has 2 aromatic carbocycles. The van der Waals surface area contributed by atoms with Gasteiger partial charge in [-0.05, 0) is 70.0 Å². The molecule has 9 nitrogen and oxygen atoms in total. The van der Waals surface area contributed by atoms with Crippen LogP contribution in [0.15, 0.2) is 48.5 Å². The molecule has 0 saturated carbocycles. The molecule has 1 aliphatic heterocycles. The lowest BCUT2D eigenvalue weighted by Crippen LogP contribution is -2.51. The van der Waals surface area contributed by atoms with Crippen LogP contribution >= 0.6 is 0 Å². The zero-order chi connectivity index (χ0) is 27.9. The number of nitrogens with zero attached hydrogens (tertiary/aromatic N) is 3. The van der Waals surface area contributed by atoms with Gasteiger partial charge >= 0.3 is 12.2 Å². The first-order valence-corrected chi connectivity index (χ1v) is 13.1. The number of benzene rings is 2. The molecule has 38 heavy (non-hydrogen) atoms. The fourth-order valence-electron chi connectivity index (χ4n) is 4.56. The van der Waals surface area contributed by atoms with Gasteiger partial charge in [-0.25, -0.2) is 9.59 Å². The van der Waals surface area contributed by atoms with Crippen LogP contribution < -0.4 is 5.32 Å². The number of rotatable bonds is 7. The Balaban J connectivity index is 1.89. The van der Waals surface area contributed by atoms with E-state index in [1.54, 1.807) is 9.80 Å². The summed E-state index contributed by atoms with van der Waals surface area (Å²) in [6, 6.07) is 15.2. The van der Waals surface area contributed by atoms with Crippen molar-refractivity contribution in [1.82, 2.24) is 14.7 Å². The summed E-state index contributed by atoms with van der Waals surface area (Å²) in [6.45, 7) is 13.2. The molecule has 1 atom stereocenters. The highest BCUT2D eigenvalue weighted by molar-refractivity contribution is 5.94. The number of hydrogen-bond acceptors (Lipinski definition) is 6. The average Bonchev–Trinajstić information content (AvgIpc) is 2.89. The Morgan fingerprint density at radius 1 is 0.947 bits per heavy atom. The van der Waals surface area contributed by atoms with Crippen LogP contribution in [0.4, 0.5) is 15.3 Å². The van der Waals surface area contributed by atoms with Crippen molar-refractivity contribution in [3.05, 3.63) is 65.2 Å². The van der Waals surface area contributed by atoms with Crippen molar-refractivity contribution in [3.63, 3.8) is 0 Å². The Bertz CT molecular complexity index is 1100. The minimum Gasteiger partial charge on any atom is -0.453 e. The van der Waals surface area contributed by atoms with Gasteiger partial charge in [-0.2, -0.15) is 0 Å². The van der Waals surface area contributed by atoms with Gasteiger partial charge in [-0.3, -0.25) is 15.0 Å². The van der Waals surface area contributed by atoms with Crippen LogP contribution in [-0.2, 0) is 9.47 Å². The molecule has 0 aliphatic carbocycles. The van der Waals surface area contributed by atoms with E-state index < -0.39 is 11.7 Å². The van der Waals surface area contributed by atoms with E-state index in [9.17, 15) is 14.4 Å². The van der Waals surface area contributed by atoms with E-state index in [2.05, 4.69) is 10.2 Å². The topological polar surface area (TPSA) is 91.4 Å². The third-order valence-electron chi connectivity index (χ3n) is 6.49. The van der Waals surface area contributed by atoms with Crippen LogP contribution in [0, 0.1) is 0 Å². The first-order valence-electron chi connectivity index (χ1n) is 13.1. The minimum atomic E-state index is -0.547. The maximum Gasteiger partial charge on any atom is 0.411 e. The summed E-state index contributed by atoms with van der Waals surface area (Å²) in [5, 5.41) is 2.74. The molecule has 1 saturated heterocycles. The summed E-state index contributed by atoms with van der Waals surface area (Å²) >= 11 is 0. The largest absolute Gasteiger partial charge is 0.453 e. The molecule has 3 rings (SSSR count). The zero-order valence-electron chi connectivity index (χ0n) is 23.3. The number of carbonyl (C=O) groups excluding carboxylic acids is 3. The van der Waals surface area contributed by atoms with Crippen LogP contribution in [0.2, 0.25) is 0 Å². The quantitative estimate of drug-likeness (QED) is 0.549. The monoisotopic (exact) mass is 524 g/mol. The highest BCUT2D eigenvalue weighted by Crippen LogP contribution is 2.32. The molecular weight excluding hydrogens is 484 g/mol. The number of ether oxygens (including phenoxy) is 2. The van der Waals surface area contributed by atoms with Crippen molar-refractivity contribution in [1.29, 1.82) is 0 Å². The molecule has 2 aromatic rings. The van der Waals surface area contributed by atoms with Crippen LogP contribution in [0.5, 0.6) is 0 Å². The van der Waals surface area contributed by atoms with Crippen molar-refractivity contribution in [3.8, 4) is 0 Å². The van der Waals surface area contributed by atoms with Crippen molar-refractivity contribution >= 4 is 23.8 Å². The SMILES string of the molecule is CCN(CC)C(=O)c1ccc(C(c2cccc(NC(=O)OC)c2)N2CCN(C(=O)OC(C)(C)C)CC2)cc1. The van der Waals surface area contributed by atoms with Gasteiger partial charge < -0.3 is 19.3 Å². The Labute approximate surface area is 225 Å². The lowest BCUT2D eigenvalue weighted by molar-refractivity contribution is 0.0119. The van der Waals surface area contributed by atoms with Crippen LogP contribution in [0.1, 0.15) is 62.1 Å². The van der Waals surface area contributed by atoms with Crippen molar-refractivity contribution < 1.29 is 23.9 Å². The number of hydrogen-bond donors (Lipinski definition) is 1. The first-order chi connectivity index (χ1) is 18.1. The smallest absolute Gasteiger partial charge is 0.411 e. The second-order valence-electron chi connectivity index (χ2n) is 10.2. The maximum absolute atomic E-state index is 12.8. The van der Waals surface area contributed by atoms with Gasteiger partial charge in [-0.15, -0.1) is 0 Å². The van der Waals surface area contributed by atoms with Gasteiger partial charge in [0.25, 0.3) is 5.91 Å². The fourth-order valence-corrected chi connectivity index (χ4v) is 4.56. The molecule has 1 unspecified atom stereocenters. The Kier molecular flexibility index (Phi) is 9.74. The molecule has 0 spiro atoms. The van der Waals surface area contributed by atoms with E-state index in [-0.39, 0.29) is 18.0 Å². The van der Waals surface area contributed by atoms with Gasteiger partial charge in [0.15, 0.2) is 0 Å². The van der Waals surface area contributed by atoms with Gasteiger partial charge in [-0.1, -0.05) is 24.3 Å². The van der Waals surface area contributed by atoms with E-state index in [1.807, 2.05) is 83.1 Å². The summed E-state index contributed by atoms with van der Waals surface area (Å²) < 4.78 is 10.3. The predicted molar refractivity (Wildman–Crippen MR) is 147 cm³/mol. The van der Waals surface area contributed by atoms with Crippen molar-refractivity contribution in [2.75, 3.05) is 51.7 Å². The number of nitrogens with one attached hydrogen (secondary N) is 1. The lowest BCUT2D eigenvalue weighted by atomic mass is 9.95. The summed E-state index contributed by atoms with van der Waals surface area (Å²) in [4.78, 5) is 43.1. The standard InChI is InChI=1S/C29H40N4O5/c1-7-31(8-2)26(34)22-14-12-21(13-15-22)25(23-10-9-11-24(20-23)30-27(35)37-6)32-16-18-33(19-17-32)28(36)38-29(3,4)5/h9-15,20,25H,7-8,16-19H2,1-6H3,(H,30,35). The summed E-state index contributed by atoms with van der Waals surface area (Å²) in [7, 11) is 1.33. The van der Waals surface area contributed by atoms with E-state index in [1.165, 1.54) is 7.11 Å². The Hall–Kier alpha value is -3.59. The molecule has 0 bridgehead atoms. The minimum absolute atomic E-state index is 0.00773. The van der Waals surface area contributed by atoms with Crippen molar-refractivity contribution in [2.24, 2.45) is 0 Å². The van der Waals surface area contributed by atoms with E-state index in [0.717, 1.165) is 11.1 Å². The van der Waals surface area contributed by atoms with Gasteiger partial charge in [0, 0.05) is 50.5 Å². The molecule has 0 aromatic heterocycles. The third kappa shape index (κ3) is 7.47. The molecule has 1 aliphatic rings. The van der Waals surface area contributed by atoms with E-state index >= 15 is 0 Å². The summed E-state index contributed by atoms with van der Waals surface area (Å²) in [5.74, 6) is 0.00773. The second-order valence-corrected chi connectivity index (χ2v) is 10.2. The van der Waals surface area contributed by atoms with Crippen LogP contribution in [-0.4, -0.2) is 84.8 Å². The maximum atomic E-state index is 12.8. The number of amides is 3. The fraction of sp³-hybridized carbons (Fsp3) is 0.483. The predicted octanol–water partition coefficient (Wildman–Crippen LogP) is 4.99. The number of piperazine rings is 1. The molecule has 0 radical (unpaired) electrons. The molecule has 9 heteroatoms.